The number of benzene rings is 1. The summed E-state index contributed by atoms with van der Waals surface area (Å²) in [4.78, 5) is 18.7. The summed E-state index contributed by atoms with van der Waals surface area (Å²) in [6, 6.07) is 11.0. The number of amides is 1. The fourth-order valence-corrected chi connectivity index (χ4v) is 3.95. The maximum absolute atomic E-state index is 12.6. The minimum atomic E-state index is -0.707. The van der Waals surface area contributed by atoms with Crippen molar-refractivity contribution in [2.75, 3.05) is 12.4 Å². The lowest BCUT2D eigenvalue weighted by atomic mass is 10.1. The number of hydrogen-bond donors (Lipinski definition) is 2. The van der Waals surface area contributed by atoms with Crippen LogP contribution >= 0.6 is 11.3 Å². The summed E-state index contributed by atoms with van der Waals surface area (Å²) in [5, 5.41) is 14.0. The number of pyridine rings is 1. The van der Waals surface area contributed by atoms with Crippen LogP contribution in [0.2, 0.25) is 0 Å². The van der Waals surface area contributed by atoms with E-state index in [4.69, 9.17) is 4.74 Å². The van der Waals surface area contributed by atoms with E-state index in [9.17, 15) is 9.90 Å². The van der Waals surface area contributed by atoms with Gasteiger partial charge >= 0.3 is 0 Å². The summed E-state index contributed by atoms with van der Waals surface area (Å²) in [5.41, 5.74) is 2.99. The molecule has 130 valence electrons. The Bertz CT molecular complexity index is 904. The van der Waals surface area contributed by atoms with Crippen LogP contribution in [-0.4, -0.2) is 23.1 Å². The third-order valence-electron chi connectivity index (χ3n) is 3.85. The summed E-state index contributed by atoms with van der Waals surface area (Å²) >= 11 is 1.39. The van der Waals surface area contributed by atoms with Crippen LogP contribution in [0.4, 0.5) is 5.69 Å². The number of carbonyl (C=O) groups excluding carboxylic acids is 1. The number of nitrogens with one attached hydrogen (secondary N) is 1. The second-order valence-electron chi connectivity index (χ2n) is 5.87. The number of ether oxygens (including phenoxy) is 1. The number of fused-ring (bicyclic) bond motifs is 1. The molecule has 0 saturated heterocycles. The van der Waals surface area contributed by atoms with Crippen molar-refractivity contribution in [3.63, 3.8) is 0 Å². The molecule has 2 N–H and O–H groups in total. The van der Waals surface area contributed by atoms with Crippen LogP contribution in [0.3, 0.4) is 0 Å². The Morgan fingerprint density at radius 3 is 2.72 bits per heavy atom. The standard InChI is InChI=1S/C19H20N2O3S/c1-11-9-14(10-24-3)15-16(17(12(2)22)25-19(15)20-11)21-18(23)13-7-5-4-6-8-13/h4-9,12,22H,10H2,1-3H3,(H,21,23). The lowest BCUT2D eigenvalue weighted by molar-refractivity contribution is 0.102. The fourth-order valence-electron chi connectivity index (χ4n) is 2.79. The molecule has 5 nitrogen and oxygen atoms in total. The van der Waals surface area contributed by atoms with Gasteiger partial charge in [0.1, 0.15) is 4.83 Å². The first-order valence-corrected chi connectivity index (χ1v) is 8.79. The molecule has 0 spiro atoms. The molecule has 0 bridgehead atoms. The van der Waals surface area contributed by atoms with Gasteiger partial charge in [-0.25, -0.2) is 4.98 Å². The highest BCUT2D eigenvalue weighted by Crippen LogP contribution is 2.41. The van der Waals surface area contributed by atoms with Crippen molar-refractivity contribution < 1.29 is 14.6 Å². The highest BCUT2D eigenvalue weighted by molar-refractivity contribution is 7.19. The van der Waals surface area contributed by atoms with Crippen molar-refractivity contribution in [3.8, 4) is 0 Å². The van der Waals surface area contributed by atoms with Gasteiger partial charge in [-0.15, -0.1) is 11.3 Å². The monoisotopic (exact) mass is 356 g/mol. The number of carbonyl (C=O) groups is 1. The van der Waals surface area contributed by atoms with E-state index in [-0.39, 0.29) is 5.91 Å². The molecule has 0 aliphatic carbocycles. The highest BCUT2D eigenvalue weighted by atomic mass is 32.1. The quantitative estimate of drug-likeness (QED) is 0.723. The smallest absolute Gasteiger partial charge is 0.255 e. The van der Waals surface area contributed by atoms with Gasteiger partial charge in [0.15, 0.2) is 0 Å². The topological polar surface area (TPSA) is 71.5 Å². The van der Waals surface area contributed by atoms with E-state index in [0.717, 1.165) is 21.5 Å². The summed E-state index contributed by atoms with van der Waals surface area (Å²) < 4.78 is 5.31. The van der Waals surface area contributed by atoms with Crippen molar-refractivity contribution in [1.82, 2.24) is 4.98 Å². The number of aliphatic hydroxyl groups is 1. The average Bonchev–Trinajstić information content (AvgIpc) is 2.94. The number of aliphatic hydroxyl groups excluding tert-OH is 1. The number of aryl methyl sites for hydroxylation is 1. The SMILES string of the molecule is COCc1cc(C)nc2sc(C(C)O)c(NC(=O)c3ccccc3)c12. The molecular formula is C19H20N2O3S. The van der Waals surface area contributed by atoms with Gasteiger partial charge in [-0.05, 0) is 37.6 Å². The molecule has 0 aliphatic heterocycles. The minimum absolute atomic E-state index is 0.217. The Labute approximate surface area is 150 Å². The van der Waals surface area contributed by atoms with Crippen LogP contribution < -0.4 is 5.32 Å². The van der Waals surface area contributed by atoms with Crippen LogP contribution in [0.5, 0.6) is 0 Å². The van der Waals surface area contributed by atoms with Gasteiger partial charge in [-0.1, -0.05) is 18.2 Å². The molecule has 1 amide bonds. The van der Waals surface area contributed by atoms with Gasteiger partial charge in [0.25, 0.3) is 5.91 Å². The maximum Gasteiger partial charge on any atom is 0.255 e. The number of nitrogens with zero attached hydrogens (tertiary/aromatic N) is 1. The normalized spacial score (nSPS) is 12.3. The van der Waals surface area contributed by atoms with Gasteiger partial charge in [-0.3, -0.25) is 4.79 Å². The predicted octanol–water partition coefficient (Wildman–Crippen LogP) is 4.06. The summed E-state index contributed by atoms with van der Waals surface area (Å²) in [7, 11) is 1.63. The van der Waals surface area contributed by atoms with Gasteiger partial charge < -0.3 is 15.2 Å². The molecule has 0 aliphatic rings. The largest absolute Gasteiger partial charge is 0.388 e. The van der Waals surface area contributed by atoms with E-state index in [1.54, 1.807) is 26.2 Å². The van der Waals surface area contributed by atoms with Crippen molar-refractivity contribution in [2.24, 2.45) is 0 Å². The van der Waals surface area contributed by atoms with E-state index in [0.29, 0.717) is 22.7 Å². The molecule has 6 heteroatoms. The zero-order chi connectivity index (χ0) is 18.0. The number of methoxy groups -OCH3 is 1. The van der Waals surface area contributed by atoms with E-state index in [1.165, 1.54) is 11.3 Å². The molecule has 1 unspecified atom stereocenters. The zero-order valence-corrected chi connectivity index (χ0v) is 15.2. The number of aromatic nitrogens is 1. The minimum Gasteiger partial charge on any atom is -0.388 e. The Balaban J connectivity index is 2.14. The van der Waals surface area contributed by atoms with Crippen molar-refractivity contribution in [1.29, 1.82) is 0 Å². The fraction of sp³-hybridized carbons (Fsp3) is 0.263. The van der Waals surface area contributed by atoms with Gasteiger partial charge in [-0.2, -0.15) is 0 Å². The van der Waals surface area contributed by atoms with Crippen molar-refractivity contribution >= 4 is 33.1 Å². The summed E-state index contributed by atoms with van der Waals surface area (Å²) in [6.07, 6.45) is -0.707. The molecular weight excluding hydrogens is 336 g/mol. The molecule has 0 fully saturated rings. The second kappa shape index (κ2) is 7.31. The Morgan fingerprint density at radius 1 is 1.36 bits per heavy atom. The van der Waals surface area contributed by atoms with E-state index < -0.39 is 6.10 Å². The van der Waals surface area contributed by atoms with E-state index >= 15 is 0 Å². The Morgan fingerprint density at radius 2 is 2.08 bits per heavy atom. The summed E-state index contributed by atoms with van der Waals surface area (Å²) in [5.74, 6) is -0.217. The first-order valence-electron chi connectivity index (χ1n) is 7.97. The molecule has 0 saturated carbocycles. The highest BCUT2D eigenvalue weighted by Gasteiger charge is 2.22. The Kier molecular flexibility index (Phi) is 5.13. The Hall–Kier alpha value is -2.28. The van der Waals surface area contributed by atoms with Crippen LogP contribution in [0.25, 0.3) is 10.2 Å². The predicted molar refractivity (Wildman–Crippen MR) is 100 cm³/mol. The maximum atomic E-state index is 12.6. The van der Waals surface area contributed by atoms with Gasteiger partial charge in [0.2, 0.25) is 0 Å². The first-order chi connectivity index (χ1) is 12.0. The average molecular weight is 356 g/mol. The number of anilines is 1. The number of thiophene rings is 1. The van der Waals surface area contributed by atoms with Crippen LogP contribution in [-0.2, 0) is 11.3 Å². The molecule has 1 aromatic carbocycles. The molecule has 0 radical (unpaired) electrons. The molecule has 25 heavy (non-hydrogen) atoms. The molecule has 2 heterocycles. The van der Waals surface area contributed by atoms with Crippen LogP contribution in [0.1, 0.15) is 39.5 Å². The van der Waals surface area contributed by atoms with Crippen LogP contribution in [0.15, 0.2) is 36.4 Å². The first kappa shape index (κ1) is 17.5. The molecule has 1 atom stereocenters. The second-order valence-corrected chi connectivity index (χ2v) is 6.90. The lowest BCUT2D eigenvalue weighted by Crippen LogP contribution is -2.13. The van der Waals surface area contributed by atoms with Crippen LogP contribution in [0, 0.1) is 6.92 Å². The number of hydrogen-bond acceptors (Lipinski definition) is 5. The van der Waals surface area contributed by atoms with Crippen molar-refractivity contribution in [3.05, 3.63) is 58.1 Å². The molecule has 2 aromatic heterocycles. The summed E-state index contributed by atoms with van der Waals surface area (Å²) in [6.45, 7) is 4.01. The van der Waals surface area contributed by atoms with E-state index in [2.05, 4.69) is 10.3 Å². The zero-order valence-electron chi connectivity index (χ0n) is 14.4. The lowest BCUT2D eigenvalue weighted by Gasteiger charge is -2.11. The van der Waals surface area contributed by atoms with Crippen molar-refractivity contribution in [2.45, 2.75) is 26.6 Å². The third kappa shape index (κ3) is 3.56. The number of rotatable bonds is 5. The third-order valence-corrected chi connectivity index (χ3v) is 5.11. The molecule has 3 rings (SSSR count). The van der Waals surface area contributed by atoms with E-state index in [1.807, 2.05) is 31.2 Å². The molecule has 3 aromatic rings. The van der Waals surface area contributed by atoms with Gasteiger partial charge in [0.05, 0.1) is 23.3 Å². The van der Waals surface area contributed by atoms with Gasteiger partial charge in [0, 0.05) is 23.8 Å².